The van der Waals surface area contributed by atoms with Crippen molar-refractivity contribution in [2.24, 2.45) is 0 Å². The van der Waals surface area contributed by atoms with Gasteiger partial charge in [-0.1, -0.05) is 60.7 Å². The van der Waals surface area contributed by atoms with Gasteiger partial charge in [-0.3, -0.25) is 4.79 Å². The molecule has 0 saturated heterocycles. The highest BCUT2D eigenvalue weighted by atomic mass is 16.5. The smallest absolute Gasteiger partial charge is 0.255 e. The highest BCUT2D eigenvalue weighted by molar-refractivity contribution is 6.13. The molecule has 4 nitrogen and oxygen atoms in total. The van der Waals surface area contributed by atoms with Gasteiger partial charge in [-0.2, -0.15) is 0 Å². The lowest BCUT2D eigenvalue weighted by Gasteiger charge is -2.13. The molecule has 0 fully saturated rings. The summed E-state index contributed by atoms with van der Waals surface area (Å²) in [7, 11) is 1.59. The van der Waals surface area contributed by atoms with Gasteiger partial charge in [0.15, 0.2) is 0 Å². The number of benzene rings is 4. The third kappa shape index (κ3) is 3.08. The fourth-order valence-electron chi connectivity index (χ4n) is 3.88. The van der Waals surface area contributed by atoms with Crippen molar-refractivity contribution in [2.45, 2.75) is 0 Å². The van der Waals surface area contributed by atoms with E-state index in [0.717, 1.165) is 33.2 Å². The molecule has 30 heavy (non-hydrogen) atoms. The molecule has 0 atom stereocenters. The summed E-state index contributed by atoms with van der Waals surface area (Å²) in [4.78, 5) is 16.4. The van der Waals surface area contributed by atoms with Gasteiger partial charge in [-0.05, 0) is 30.3 Å². The lowest BCUT2D eigenvalue weighted by Crippen LogP contribution is -2.12. The molecule has 0 aliphatic rings. The van der Waals surface area contributed by atoms with E-state index in [0.29, 0.717) is 11.3 Å². The van der Waals surface area contributed by atoms with E-state index in [9.17, 15) is 4.79 Å². The number of aromatic nitrogens is 1. The zero-order valence-electron chi connectivity index (χ0n) is 16.5. The lowest BCUT2D eigenvalue weighted by molar-refractivity contribution is 0.102. The van der Waals surface area contributed by atoms with Crippen molar-refractivity contribution in [3.05, 3.63) is 96.6 Å². The Hall–Kier alpha value is -4.05. The van der Waals surface area contributed by atoms with Crippen LogP contribution in [0.4, 0.5) is 5.69 Å². The van der Waals surface area contributed by atoms with Crippen molar-refractivity contribution < 1.29 is 9.53 Å². The fourth-order valence-corrected chi connectivity index (χ4v) is 3.88. The van der Waals surface area contributed by atoms with Crippen LogP contribution in [0, 0.1) is 0 Å². The summed E-state index contributed by atoms with van der Waals surface area (Å²) in [6.45, 7) is 0. The van der Waals surface area contributed by atoms with E-state index in [-0.39, 0.29) is 5.91 Å². The minimum absolute atomic E-state index is 0.176. The van der Waals surface area contributed by atoms with Crippen LogP contribution in [0.1, 0.15) is 10.4 Å². The standard InChI is InChI=1S/C26H20N2O2/c1-30-18-9-6-8-17(16-18)26(29)28-24-15-5-3-11-20(24)22-13-7-12-21-19-10-2-4-14-23(19)27-25(21)22/h2-16,27H,1H3,(H,28,29). The van der Waals surface area contributed by atoms with Gasteiger partial charge in [-0.25, -0.2) is 0 Å². The average Bonchev–Trinajstić information content (AvgIpc) is 3.18. The van der Waals surface area contributed by atoms with Gasteiger partial charge < -0.3 is 15.0 Å². The van der Waals surface area contributed by atoms with Gasteiger partial charge in [-0.15, -0.1) is 0 Å². The third-order valence-corrected chi connectivity index (χ3v) is 5.34. The van der Waals surface area contributed by atoms with Gasteiger partial charge in [0.1, 0.15) is 5.75 Å². The number of fused-ring (bicyclic) bond motifs is 3. The predicted octanol–water partition coefficient (Wildman–Crippen LogP) is 6.25. The van der Waals surface area contributed by atoms with E-state index in [4.69, 9.17) is 4.74 Å². The molecule has 4 heteroatoms. The summed E-state index contributed by atoms with van der Waals surface area (Å²) in [5.41, 5.74) is 5.47. The first-order valence-electron chi connectivity index (χ1n) is 9.79. The molecule has 5 rings (SSSR count). The van der Waals surface area contributed by atoms with Crippen molar-refractivity contribution >= 4 is 33.4 Å². The Morgan fingerprint density at radius 3 is 2.43 bits per heavy atom. The Labute approximate surface area is 174 Å². The summed E-state index contributed by atoms with van der Waals surface area (Å²) in [5, 5.41) is 5.42. The van der Waals surface area contributed by atoms with E-state index >= 15 is 0 Å². The van der Waals surface area contributed by atoms with Crippen LogP contribution in [0.2, 0.25) is 0 Å². The van der Waals surface area contributed by atoms with Crippen molar-refractivity contribution in [1.82, 2.24) is 4.98 Å². The molecule has 146 valence electrons. The van der Waals surface area contributed by atoms with Gasteiger partial charge in [0.05, 0.1) is 12.6 Å². The second-order valence-electron chi connectivity index (χ2n) is 7.13. The van der Waals surface area contributed by atoms with Gasteiger partial charge in [0, 0.05) is 38.7 Å². The Morgan fingerprint density at radius 1 is 0.800 bits per heavy atom. The van der Waals surface area contributed by atoms with E-state index in [1.54, 1.807) is 19.2 Å². The van der Waals surface area contributed by atoms with Crippen LogP contribution in [0.15, 0.2) is 91.0 Å². The van der Waals surface area contributed by atoms with E-state index < -0.39 is 0 Å². The maximum atomic E-state index is 12.9. The lowest BCUT2D eigenvalue weighted by atomic mass is 10.00. The van der Waals surface area contributed by atoms with Crippen molar-refractivity contribution in [1.29, 1.82) is 0 Å². The Bertz CT molecular complexity index is 1380. The molecule has 4 aromatic carbocycles. The molecular formula is C26H20N2O2. The zero-order valence-corrected chi connectivity index (χ0v) is 16.5. The highest BCUT2D eigenvalue weighted by Crippen LogP contribution is 2.36. The monoisotopic (exact) mass is 392 g/mol. The minimum atomic E-state index is -0.176. The minimum Gasteiger partial charge on any atom is -0.497 e. The first kappa shape index (κ1) is 18.0. The van der Waals surface area contributed by atoms with E-state index in [1.807, 2.05) is 48.5 Å². The summed E-state index contributed by atoms with van der Waals surface area (Å²) < 4.78 is 5.24. The van der Waals surface area contributed by atoms with Crippen LogP contribution in [0.3, 0.4) is 0 Å². The maximum Gasteiger partial charge on any atom is 0.255 e. The molecule has 0 bridgehead atoms. The number of H-pyrrole nitrogens is 1. The van der Waals surface area contributed by atoms with Crippen LogP contribution < -0.4 is 10.1 Å². The highest BCUT2D eigenvalue weighted by Gasteiger charge is 2.14. The number of ether oxygens (including phenoxy) is 1. The van der Waals surface area contributed by atoms with Crippen LogP contribution in [-0.4, -0.2) is 18.0 Å². The van der Waals surface area contributed by atoms with Crippen LogP contribution in [0.25, 0.3) is 32.9 Å². The number of hydrogen-bond donors (Lipinski definition) is 2. The number of aromatic amines is 1. The molecule has 0 unspecified atom stereocenters. The van der Waals surface area contributed by atoms with Crippen molar-refractivity contribution in [2.75, 3.05) is 12.4 Å². The topological polar surface area (TPSA) is 54.1 Å². The summed E-state index contributed by atoms with van der Waals surface area (Å²) in [6.07, 6.45) is 0. The van der Waals surface area contributed by atoms with Gasteiger partial charge in [0.2, 0.25) is 0 Å². The Morgan fingerprint density at radius 2 is 1.53 bits per heavy atom. The van der Waals surface area contributed by atoms with Crippen LogP contribution in [-0.2, 0) is 0 Å². The molecule has 5 aromatic rings. The molecule has 0 aliphatic carbocycles. The Balaban J connectivity index is 1.59. The molecule has 1 heterocycles. The molecule has 0 aliphatic heterocycles. The van der Waals surface area contributed by atoms with E-state index in [1.165, 1.54) is 5.39 Å². The normalized spacial score (nSPS) is 11.0. The third-order valence-electron chi connectivity index (χ3n) is 5.34. The van der Waals surface area contributed by atoms with Crippen LogP contribution >= 0.6 is 0 Å². The number of hydrogen-bond acceptors (Lipinski definition) is 2. The molecular weight excluding hydrogens is 372 g/mol. The van der Waals surface area contributed by atoms with Crippen molar-refractivity contribution in [3.63, 3.8) is 0 Å². The first-order chi connectivity index (χ1) is 14.7. The molecule has 1 amide bonds. The summed E-state index contributed by atoms with van der Waals surface area (Å²) in [6, 6.07) is 29.5. The van der Waals surface area contributed by atoms with E-state index in [2.05, 4.69) is 40.6 Å². The second-order valence-corrected chi connectivity index (χ2v) is 7.13. The number of para-hydroxylation sites is 3. The fraction of sp³-hybridized carbons (Fsp3) is 0.0385. The molecule has 2 N–H and O–H groups in total. The summed E-state index contributed by atoms with van der Waals surface area (Å²) >= 11 is 0. The second kappa shape index (κ2) is 7.41. The number of amides is 1. The molecule has 1 aromatic heterocycles. The number of methoxy groups -OCH3 is 1. The number of nitrogens with one attached hydrogen (secondary N) is 2. The number of anilines is 1. The molecule has 0 radical (unpaired) electrons. The van der Waals surface area contributed by atoms with Gasteiger partial charge >= 0.3 is 0 Å². The number of carbonyl (C=O) groups excluding carboxylic acids is 1. The number of carbonyl (C=O) groups is 1. The van der Waals surface area contributed by atoms with Crippen LogP contribution in [0.5, 0.6) is 5.75 Å². The average molecular weight is 392 g/mol. The largest absolute Gasteiger partial charge is 0.497 e. The van der Waals surface area contributed by atoms with Crippen molar-refractivity contribution in [3.8, 4) is 16.9 Å². The molecule has 0 saturated carbocycles. The Kier molecular flexibility index (Phi) is 4.45. The quantitative estimate of drug-likeness (QED) is 0.380. The summed E-state index contributed by atoms with van der Waals surface area (Å²) in [5.74, 6) is 0.476. The predicted molar refractivity (Wildman–Crippen MR) is 122 cm³/mol. The molecule has 0 spiro atoms. The SMILES string of the molecule is COc1cccc(C(=O)Nc2ccccc2-c2cccc3c2[nH]c2ccccc23)c1. The zero-order chi connectivity index (χ0) is 20.5. The first-order valence-corrected chi connectivity index (χ1v) is 9.79. The maximum absolute atomic E-state index is 12.9. The van der Waals surface area contributed by atoms with Gasteiger partial charge in [0.25, 0.3) is 5.91 Å². The number of rotatable bonds is 4.